The normalized spacial score (nSPS) is 10.0. The van der Waals surface area contributed by atoms with Crippen LogP contribution in [0.15, 0.2) is 30.7 Å². The molecule has 2 heterocycles. The molecule has 2 aromatic rings. The molecule has 6 heteroatoms. The minimum Gasteiger partial charge on any atom is -0.278 e. The molecule has 70 valence electrons. The molecule has 0 fully saturated rings. The Kier molecular flexibility index (Phi) is 1.94. The lowest BCUT2D eigenvalue weighted by molar-refractivity contribution is -0.384. The fraction of sp³-hybridized carbons (Fsp3) is 0. The zero-order valence-corrected chi connectivity index (χ0v) is 7.04. The smallest absolute Gasteiger partial charge is 0.278 e. The van der Waals surface area contributed by atoms with Crippen molar-refractivity contribution in [2.24, 2.45) is 0 Å². The standard InChI is InChI=1S/C8H6N4O2/c13-12(14)7-5-10-11-8(7)6-2-1-3-9-4-6/h1-5H,(H,10,11). The van der Waals surface area contributed by atoms with E-state index in [1.165, 1.54) is 12.4 Å². The van der Waals surface area contributed by atoms with Crippen LogP contribution < -0.4 is 0 Å². The van der Waals surface area contributed by atoms with Gasteiger partial charge in [-0.2, -0.15) is 5.10 Å². The fourth-order valence-corrected chi connectivity index (χ4v) is 1.14. The van der Waals surface area contributed by atoms with E-state index in [9.17, 15) is 10.1 Å². The van der Waals surface area contributed by atoms with E-state index < -0.39 is 4.92 Å². The number of nitro groups is 1. The second-order valence-electron chi connectivity index (χ2n) is 2.62. The second kappa shape index (κ2) is 3.25. The van der Waals surface area contributed by atoms with E-state index in [1.807, 2.05) is 0 Å². The minimum absolute atomic E-state index is 0.0435. The zero-order chi connectivity index (χ0) is 9.97. The lowest BCUT2D eigenvalue weighted by Crippen LogP contribution is -1.89. The van der Waals surface area contributed by atoms with Crippen molar-refractivity contribution in [1.82, 2.24) is 15.2 Å². The molecule has 0 saturated heterocycles. The maximum atomic E-state index is 10.6. The highest BCUT2D eigenvalue weighted by Crippen LogP contribution is 2.25. The lowest BCUT2D eigenvalue weighted by atomic mass is 10.2. The summed E-state index contributed by atoms with van der Waals surface area (Å²) in [6.45, 7) is 0. The van der Waals surface area contributed by atoms with Gasteiger partial charge in [0.1, 0.15) is 6.20 Å². The third kappa shape index (κ3) is 1.33. The predicted octanol–water partition coefficient (Wildman–Crippen LogP) is 1.38. The SMILES string of the molecule is O=[N+]([O-])c1c[nH]nc1-c1cccnc1. The summed E-state index contributed by atoms with van der Waals surface area (Å²) in [6.07, 6.45) is 4.38. The first-order valence-corrected chi connectivity index (χ1v) is 3.87. The number of hydrogen-bond acceptors (Lipinski definition) is 4. The summed E-state index contributed by atoms with van der Waals surface area (Å²) < 4.78 is 0. The van der Waals surface area contributed by atoms with Crippen molar-refractivity contribution < 1.29 is 4.92 Å². The summed E-state index contributed by atoms with van der Waals surface area (Å²) >= 11 is 0. The fourth-order valence-electron chi connectivity index (χ4n) is 1.14. The Morgan fingerprint density at radius 1 is 1.50 bits per heavy atom. The van der Waals surface area contributed by atoms with Crippen LogP contribution in [0.1, 0.15) is 0 Å². The molecule has 0 bridgehead atoms. The minimum atomic E-state index is -0.480. The molecule has 0 amide bonds. The monoisotopic (exact) mass is 190 g/mol. The van der Waals surface area contributed by atoms with Gasteiger partial charge >= 0.3 is 5.69 Å². The molecule has 2 rings (SSSR count). The molecule has 6 nitrogen and oxygen atoms in total. The van der Waals surface area contributed by atoms with Crippen LogP contribution in [-0.2, 0) is 0 Å². The van der Waals surface area contributed by atoms with E-state index in [0.29, 0.717) is 11.3 Å². The van der Waals surface area contributed by atoms with Gasteiger partial charge in [-0.15, -0.1) is 0 Å². The number of aromatic amines is 1. The first kappa shape index (κ1) is 8.36. The Hall–Kier alpha value is -2.24. The van der Waals surface area contributed by atoms with Crippen LogP contribution in [0.2, 0.25) is 0 Å². The molecule has 1 N–H and O–H groups in total. The first-order valence-electron chi connectivity index (χ1n) is 3.87. The van der Waals surface area contributed by atoms with E-state index in [0.717, 1.165) is 0 Å². The van der Waals surface area contributed by atoms with Gasteiger partial charge in [0, 0.05) is 18.0 Å². The van der Waals surface area contributed by atoms with Crippen molar-refractivity contribution in [2.75, 3.05) is 0 Å². The zero-order valence-electron chi connectivity index (χ0n) is 7.04. The Morgan fingerprint density at radius 2 is 2.36 bits per heavy atom. The number of nitrogens with zero attached hydrogens (tertiary/aromatic N) is 3. The number of nitrogens with one attached hydrogen (secondary N) is 1. The number of aromatic nitrogens is 3. The molecule has 0 aliphatic rings. The van der Waals surface area contributed by atoms with E-state index in [1.54, 1.807) is 18.3 Å². The highest BCUT2D eigenvalue weighted by Gasteiger charge is 2.17. The van der Waals surface area contributed by atoms with Gasteiger partial charge < -0.3 is 0 Å². The molecule has 0 radical (unpaired) electrons. The summed E-state index contributed by atoms with van der Waals surface area (Å²) in [5.41, 5.74) is 0.890. The van der Waals surface area contributed by atoms with Crippen molar-refractivity contribution in [3.8, 4) is 11.3 Å². The highest BCUT2D eigenvalue weighted by atomic mass is 16.6. The van der Waals surface area contributed by atoms with Gasteiger partial charge in [0.05, 0.1) is 4.92 Å². The van der Waals surface area contributed by atoms with Crippen LogP contribution in [-0.4, -0.2) is 20.1 Å². The summed E-state index contributed by atoms with van der Waals surface area (Å²) in [4.78, 5) is 14.0. The van der Waals surface area contributed by atoms with Gasteiger partial charge in [-0.25, -0.2) is 0 Å². The van der Waals surface area contributed by atoms with Gasteiger partial charge in [0.15, 0.2) is 5.69 Å². The molecule has 0 unspecified atom stereocenters. The van der Waals surface area contributed by atoms with Crippen LogP contribution in [0.5, 0.6) is 0 Å². The van der Waals surface area contributed by atoms with Gasteiger partial charge in [-0.05, 0) is 12.1 Å². The predicted molar refractivity (Wildman–Crippen MR) is 48.5 cm³/mol. The largest absolute Gasteiger partial charge is 0.314 e. The van der Waals surface area contributed by atoms with Crippen molar-refractivity contribution >= 4 is 5.69 Å². The van der Waals surface area contributed by atoms with Crippen LogP contribution in [0.25, 0.3) is 11.3 Å². The van der Waals surface area contributed by atoms with E-state index in [-0.39, 0.29) is 5.69 Å². The maximum absolute atomic E-state index is 10.6. The van der Waals surface area contributed by atoms with Crippen molar-refractivity contribution in [2.45, 2.75) is 0 Å². The van der Waals surface area contributed by atoms with Crippen LogP contribution >= 0.6 is 0 Å². The van der Waals surface area contributed by atoms with E-state index in [2.05, 4.69) is 15.2 Å². The number of rotatable bonds is 2. The van der Waals surface area contributed by atoms with Crippen molar-refractivity contribution in [1.29, 1.82) is 0 Å². The Morgan fingerprint density at radius 3 is 3.00 bits per heavy atom. The highest BCUT2D eigenvalue weighted by molar-refractivity contribution is 5.67. The third-order valence-corrected chi connectivity index (χ3v) is 1.75. The molecular formula is C8H6N4O2. The molecule has 2 aromatic heterocycles. The average molecular weight is 190 g/mol. The van der Waals surface area contributed by atoms with Crippen molar-refractivity contribution in [3.63, 3.8) is 0 Å². The molecule has 14 heavy (non-hydrogen) atoms. The summed E-state index contributed by atoms with van der Waals surface area (Å²) in [5.74, 6) is 0. The summed E-state index contributed by atoms with van der Waals surface area (Å²) in [7, 11) is 0. The molecule has 0 aliphatic heterocycles. The van der Waals surface area contributed by atoms with Gasteiger partial charge in [-0.1, -0.05) is 0 Å². The van der Waals surface area contributed by atoms with Gasteiger partial charge in [0.25, 0.3) is 0 Å². The molecule has 0 atom stereocenters. The average Bonchev–Trinajstić information content (AvgIpc) is 2.67. The topological polar surface area (TPSA) is 84.7 Å². The Labute approximate surface area is 78.8 Å². The first-order chi connectivity index (χ1) is 6.79. The lowest BCUT2D eigenvalue weighted by Gasteiger charge is -1.93. The third-order valence-electron chi connectivity index (χ3n) is 1.75. The van der Waals surface area contributed by atoms with Crippen molar-refractivity contribution in [3.05, 3.63) is 40.8 Å². The van der Waals surface area contributed by atoms with Crippen LogP contribution in [0.3, 0.4) is 0 Å². The second-order valence-corrected chi connectivity index (χ2v) is 2.62. The Bertz CT molecular complexity index is 451. The number of H-pyrrole nitrogens is 1. The number of pyridine rings is 1. The van der Waals surface area contributed by atoms with Crippen LogP contribution in [0, 0.1) is 10.1 Å². The van der Waals surface area contributed by atoms with Gasteiger partial charge in [0.2, 0.25) is 0 Å². The maximum Gasteiger partial charge on any atom is 0.314 e. The quantitative estimate of drug-likeness (QED) is 0.572. The van der Waals surface area contributed by atoms with E-state index >= 15 is 0 Å². The van der Waals surface area contributed by atoms with E-state index in [4.69, 9.17) is 0 Å². The molecule has 0 saturated carbocycles. The molecular weight excluding hydrogens is 184 g/mol. The summed E-state index contributed by atoms with van der Waals surface area (Å²) in [5, 5.41) is 16.8. The van der Waals surface area contributed by atoms with Gasteiger partial charge in [-0.3, -0.25) is 20.2 Å². The molecule has 0 aromatic carbocycles. The molecule has 0 spiro atoms. The summed E-state index contributed by atoms with van der Waals surface area (Å²) in [6, 6.07) is 3.42. The van der Waals surface area contributed by atoms with Crippen LogP contribution in [0.4, 0.5) is 5.69 Å². The number of hydrogen-bond donors (Lipinski definition) is 1. The Balaban J connectivity index is 2.52. The molecule has 0 aliphatic carbocycles.